The molecular weight excluding hydrogens is 298 g/mol. The molecule has 0 unspecified atom stereocenters. The highest BCUT2D eigenvalue weighted by Crippen LogP contribution is 2.25. The van der Waals surface area contributed by atoms with E-state index in [-0.39, 0.29) is 11.9 Å². The zero-order valence-corrected chi connectivity index (χ0v) is 14.0. The van der Waals surface area contributed by atoms with Gasteiger partial charge in [-0.25, -0.2) is 0 Å². The predicted octanol–water partition coefficient (Wildman–Crippen LogP) is 1.16. The number of hydrogen-bond donors (Lipinski definition) is 2. The first-order valence-corrected chi connectivity index (χ1v) is 8.05. The summed E-state index contributed by atoms with van der Waals surface area (Å²) in [7, 11) is 1.72. The second-order valence-corrected chi connectivity index (χ2v) is 5.60. The van der Waals surface area contributed by atoms with Crippen LogP contribution in [0.5, 0.6) is 0 Å². The standard InChI is InChI=1S/C15H25N5O3/c1-4-22-14(21)11-5-7-12(8-6-11)19-15(16-3)17-9-13-18-10(2)23-20-13/h11-12H,4-9H2,1-3H3,(H2,16,17,19). The van der Waals surface area contributed by atoms with Crippen molar-refractivity contribution in [1.29, 1.82) is 0 Å². The lowest BCUT2D eigenvalue weighted by Crippen LogP contribution is -2.45. The number of carbonyl (C=O) groups is 1. The van der Waals surface area contributed by atoms with Gasteiger partial charge < -0.3 is 19.9 Å². The van der Waals surface area contributed by atoms with Gasteiger partial charge in [-0.05, 0) is 32.6 Å². The Bertz CT molecular complexity index is 535. The number of nitrogens with one attached hydrogen (secondary N) is 2. The fourth-order valence-corrected chi connectivity index (χ4v) is 2.70. The molecule has 1 aliphatic carbocycles. The van der Waals surface area contributed by atoms with Crippen LogP contribution in [0.15, 0.2) is 9.52 Å². The van der Waals surface area contributed by atoms with Crippen LogP contribution in [-0.2, 0) is 16.1 Å². The lowest BCUT2D eigenvalue weighted by Gasteiger charge is -2.28. The largest absolute Gasteiger partial charge is 0.466 e. The summed E-state index contributed by atoms with van der Waals surface area (Å²) in [4.78, 5) is 20.1. The summed E-state index contributed by atoms with van der Waals surface area (Å²) in [5.41, 5.74) is 0. The van der Waals surface area contributed by atoms with Crippen molar-refractivity contribution in [3.8, 4) is 0 Å². The Morgan fingerprint density at radius 1 is 1.39 bits per heavy atom. The van der Waals surface area contributed by atoms with Gasteiger partial charge in [-0.2, -0.15) is 4.98 Å². The number of aryl methyl sites for hydroxylation is 1. The van der Waals surface area contributed by atoms with E-state index in [0.29, 0.717) is 36.9 Å². The minimum Gasteiger partial charge on any atom is -0.466 e. The first kappa shape index (κ1) is 17.2. The molecule has 1 fully saturated rings. The van der Waals surface area contributed by atoms with Crippen molar-refractivity contribution >= 4 is 11.9 Å². The summed E-state index contributed by atoms with van der Waals surface area (Å²) in [6.07, 6.45) is 3.53. The van der Waals surface area contributed by atoms with Gasteiger partial charge in [0.25, 0.3) is 0 Å². The monoisotopic (exact) mass is 323 g/mol. The zero-order chi connectivity index (χ0) is 16.7. The van der Waals surface area contributed by atoms with Crippen LogP contribution in [0.1, 0.15) is 44.3 Å². The van der Waals surface area contributed by atoms with E-state index in [1.54, 1.807) is 14.0 Å². The third-order valence-corrected chi connectivity index (χ3v) is 3.90. The molecule has 0 radical (unpaired) electrons. The number of ether oxygens (including phenoxy) is 1. The normalized spacial score (nSPS) is 21.8. The van der Waals surface area contributed by atoms with Crippen molar-refractivity contribution in [2.24, 2.45) is 10.9 Å². The van der Waals surface area contributed by atoms with Crippen LogP contribution in [0.3, 0.4) is 0 Å². The molecule has 2 rings (SSSR count). The average molecular weight is 323 g/mol. The minimum atomic E-state index is -0.0686. The summed E-state index contributed by atoms with van der Waals surface area (Å²) in [5.74, 6) is 1.80. The van der Waals surface area contributed by atoms with Crippen LogP contribution >= 0.6 is 0 Å². The number of rotatable bonds is 5. The second kappa shape index (κ2) is 8.50. The number of esters is 1. The van der Waals surface area contributed by atoms with E-state index < -0.39 is 0 Å². The number of carbonyl (C=O) groups excluding carboxylic acids is 1. The Morgan fingerprint density at radius 2 is 2.13 bits per heavy atom. The van der Waals surface area contributed by atoms with Gasteiger partial charge in [-0.3, -0.25) is 9.79 Å². The van der Waals surface area contributed by atoms with Crippen molar-refractivity contribution in [1.82, 2.24) is 20.8 Å². The zero-order valence-electron chi connectivity index (χ0n) is 14.0. The number of aliphatic imine (C=N–C) groups is 1. The van der Waals surface area contributed by atoms with Gasteiger partial charge in [-0.15, -0.1) is 0 Å². The molecule has 0 aliphatic heterocycles. The second-order valence-electron chi connectivity index (χ2n) is 5.60. The molecule has 128 valence electrons. The molecule has 0 atom stereocenters. The van der Waals surface area contributed by atoms with Crippen LogP contribution < -0.4 is 10.6 Å². The topological polar surface area (TPSA) is 102 Å². The van der Waals surface area contributed by atoms with E-state index in [1.807, 2.05) is 6.92 Å². The van der Waals surface area contributed by atoms with E-state index in [4.69, 9.17) is 9.26 Å². The lowest BCUT2D eigenvalue weighted by atomic mass is 9.86. The lowest BCUT2D eigenvalue weighted by molar-refractivity contribution is -0.149. The fourth-order valence-electron chi connectivity index (χ4n) is 2.70. The molecule has 1 aromatic rings. The van der Waals surface area contributed by atoms with Gasteiger partial charge in [0.05, 0.1) is 19.1 Å². The van der Waals surface area contributed by atoms with Crippen LogP contribution in [0.25, 0.3) is 0 Å². The number of nitrogens with zero attached hydrogens (tertiary/aromatic N) is 3. The third-order valence-electron chi connectivity index (χ3n) is 3.90. The molecular formula is C15H25N5O3. The van der Waals surface area contributed by atoms with Crippen LogP contribution in [0.2, 0.25) is 0 Å². The molecule has 0 amide bonds. The quantitative estimate of drug-likeness (QED) is 0.476. The number of guanidine groups is 1. The molecule has 23 heavy (non-hydrogen) atoms. The highest BCUT2D eigenvalue weighted by atomic mass is 16.5. The summed E-state index contributed by atoms with van der Waals surface area (Å²) >= 11 is 0. The van der Waals surface area contributed by atoms with Gasteiger partial charge in [0, 0.05) is 20.0 Å². The predicted molar refractivity (Wildman–Crippen MR) is 84.7 cm³/mol. The first-order valence-electron chi connectivity index (χ1n) is 8.05. The maximum absolute atomic E-state index is 11.7. The van der Waals surface area contributed by atoms with Crippen molar-refractivity contribution in [3.05, 3.63) is 11.7 Å². The van der Waals surface area contributed by atoms with Gasteiger partial charge in [-0.1, -0.05) is 5.16 Å². The van der Waals surface area contributed by atoms with Gasteiger partial charge >= 0.3 is 5.97 Å². The highest BCUT2D eigenvalue weighted by Gasteiger charge is 2.27. The van der Waals surface area contributed by atoms with E-state index in [0.717, 1.165) is 25.7 Å². The Balaban J connectivity index is 1.74. The Labute approximate surface area is 136 Å². The summed E-state index contributed by atoms with van der Waals surface area (Å²) < 4.78 is 10.0. The molecule has 0 aromatic carbocycles. The Hall–Kier alpha value is -2.12. The van der Waals surface area contributed by atoms with E-state index >= 15 is 0 Å². The maximum atomic E-state index is 11.7. The Kier molecular flexibility index (Phi) is 6.37. The third kappa shape index (κ3) is 5.22. The molecule has 8 nitrogen and oxygen atoms in total. The van der Waals surface area contributed by atoms with Crippen molar-refractivity contribution < 1.29 is 14.1 Å². The summed E-state index contributed by atoms with van der Waals surface area (Å²) in [5, 5.41) is 10.4. The Morgan fingerprint density at radius 3 is 2.70 bits per heavy atom. The van der Waals surface area contributed by atoms with Gasteiger partial charge in [0.15, 0.2) is 11.8 Å². The summed E-state index contributed by atoms with van der Waals surface area (Å²) in [6, 6.07) is 0.305. The van der Waals surface area contributed by atoms with E-state index in [1.165, 1.54) is 0 Å². The molecule has 1 aliphatic rings. The molecule has 0 saturated heterocycles. The highest BCUT2D eigenvalue weighted by molar-refractivity contribution is 5.80. The first-order chi connectivity index (χ1) is 11.1. The molecule has 8 heteroatoms. The average Bonchev–Trinajstić information content (AvgIpc) is 2.97. The van der Waals surface area contributed by atoms with Crippen molar-refractivity contribution in [2.75, 3.05) is 13.7 Å². The minimum absolute atomic E-state index is 0.0327. The van der Waals surface area contributed by atoms with Gasteiger partial charge in [0.2, 0.25) is 5.89 Å². The molecule has 1 aromatic heterocycles. The smallest absolute Gasteiger partial charge is 0.308 e. The summed E-state index contributed by atoms with van der Waals surface area (Å²) in [6.45, 7) is 4.50. The van der Waals surface area contributed by atoms with Crippen LogP contribution in [0.4, 0.5) is 0 Å². The van der Waals surface area contributed by atoms with Crippen molar-refractivity contribution in [3.63, 3.8) is 0 Å². The molecule has 1 heterocycles. The molecule has 0 spiro atoms. The van der Waals surface area contributed by atoms with E-state index in [2.05, 4.69) is 25.8 Å². The fraction of sp³-hybridized carbons (Fsp3) is 0.733. The molecule has 2 N–H and O–H groups in total. The van der Waals surface area contributed by atoms with E-state index in [9.17, 15) is 4.79 Å². The molecule has 1 saturated carbocycles. The number of hydrogen-bond acceptors (Lipinski definition) is 6. The SMILES string of the molecule is CCOC(=O)C1CCC(NC(=NC)NCc2noc(C)n2)CC1. The number of aromatic nitrogens is 2. The maximum Gasteiger partial charge on any atom is 0.308 e. The van der Waals surface area contributed by atoms with Crippen LogP contribution in [-0.4, -0.2) is 41.8 Å². The van der Waals surface area contributed by atoms with Gasteiger partial charge in [0.1, 0.15) is 0 Å². The van der Waals surface area contributed by atoms with Crippen LogP contribution in [0, 0.1) is 12.8 Å². The molecule has 0 bridgehead atoms. The van der Waals surface area contributed by atoms with Crippen molar-refractivity contribution in [2.45, 2.75) is 52.1 Å².